The van der Waals surface area contributed by atoms with Crippen LogP contribution < -0.4 is 9.61 Å². The molecule has 0 bridgehead atoms. The zero-order chi connectivity index (χ0) is 12.3. The summed E-state index contributed by atoms with van der Waals surface area (Å²) in [7, 11) is -0.708. The van der Waals surface area contributed by atoms with E-state index >= 15 is 0 Å². The van der Waals surface area contributed by atoms with Gasteiger partial charge in [0, 0.05) is 13.2 Å². The van der Waals surface area contributed by atoms with Crippen LogP contribution in [0, 0.1) is 0 Å². The van der Waals surface area contributed by atoms with E-state index in [0.29, 0.717) is 0 Å². The molecule has 0 heterocycles. The lowest BCUT2D eigenvalue weighted by Crippen LogP contribution is -2.10. The monoisotopic (exact) mass is 303 g/mol. The summed E-state index contributed by atoms with van der Waals surface area (Å²) >= 11 is 17.4. The number of halogens is 3. The van der Waals surface area contributed by atoms with Crippen LogP contribution in [0.3, 0.4) is 0 Å². The van der Waals surface area contributed by atoms with Crippen LogP contribution in [-0.2, 0) is 9.09 Å². The predicted octanol–water partition coefficient (Wildman–Crippen LogP) is 4.00. The SMILES string of the molecule is CNP(=O)(OC)Oc1cc(Cl)c(Cl)cc1Cl. The van der Waals surface area contributed by atoms with Crippen LogP contribution >= 0.6 is 42.5 Å². The fourth-order valence-electron chi connectivity index (χ4n) is 0.878. The first-order chi connectivity index (χ1) is 7.41. The van der Waals surface area contributed by atoms with Crippen molar-refractivity contribution in [1.82, 2.24) is 5.09 Å². The fourth-order valence-corrected chi connectivity index (χ4v) is 2.27. The summed E-state index contributed by atoms with van der Waals surface area (Å²) in [4.78, 5) is 0. The number of hydrogen-bond donors (Lipinski definition) is 1. The van der Waals surface area contributed by atoms with E-state index in [9.17, 15) is 4.57 Å². The average Bonchev–Trinajstić information content (AvgIpc) is 2.25. The first-order valence-corrected chi connectivity index (χ1v) is 6.78. The van der Waals surface area contributed by atoms with Gasteiger partial charge in [-0.25, -0.2) is 9.65 Å². The molecular formula is C8H9Cl3NO3P. The molecule has 0 aromatic heterocycles. The minimum Gasteiger partial charge on any atom is -0.412 e. The second kappa shape index (κ2) is 5.58. The number of hydrogen-bond acceptors (Lipinski definition) is 3. The highest BCUT2D eigenvalue weighted by molar-refractivity contribution is 7.52. The summed E-state index contributed by atoms with van der Waals surface area (Å²) < 4.78 is 21.6. The van der Waals surface area contributed by atoms with Crippen molar-refractivity contribution in [2.75, 3.05) is 14.2 Å². The third-order valence-electron chi connectivity index (χ3n) is 1.71. The highest BCUT2D eigenvalue weighted by Crippen LogP contribution is 2.46. The molecular weight excluding hydrogens is 295 g/mol. The van der Waals surface area contributed by atoms with Crippen LogP contribution in [0.2, 0.25) is 15.1 Å². The van der Waals surface area contributed by atoms with Crippen LogP contribution in [0.15, 0.2) is 12.1 Å². The molecule has 16 heavy (non-hydrogen) atoms. The Labute approximate surface area is 108 Å². The highest BCUT2D eigenvalue weighted by Gasteiger charge is 2.23. The lowest BCUT2D eigenvalue weighted by Gasteiger charge is -2.16. The molecule has 0 aliphatic heterocycles. The minimum absolute atomic E-state index is 0.135. The Kier molecular flexibility index (Phi) is 4.92. The molecule has 0 amide bonds. The number of nitrogens with one attached hydrogen (secondary N) is 1. The van der Waals surface area contributed by atoms with Gasteiger partial charge in [0.05, 0.1) is 15.1 Å². The van der Waals surface area contributed by atoms with E-state index in [4.69, 9.17) is 43.9 Å². The number of rotatable bonds is 4. The maximum Gasteiger partial charge on any atom is 0.458 e. The minimum atomic E-state index is -3.40. The van der Waals surface area contributed by atoms with Crippen LogP contribution in [0.5, 0.6) is 5.75 Å². The molecule has 8 heteroatoms. The molecule has 0 radical (unpaired) electrons. The molecule has 1 atom stereocenters. The van der Waals surface area contributed by atoms with Crippen molar-refractivity contribution in [3.8, 4) is 5.75 Å². The number of benzene rings is 1. The van der Waals surface area contributed by atoms with Crippen molar-refractivity contribution in [2.45, 2.75) is 0 Å². The molecule has 1 rings (SSSR count). The molecule has 0 spiro atoms. The Morgan fingerprint density at radius 2 is 1.75 bits per heavy atom. The summed E-state index contributed by atoms with van der Waals surface area (Å²) in [5.74, 6) is 0.135. The first-order valence-electron chi connectivity index (χ1n) is 4.11. The van der Waals surface area contributed by atoms with Crippen molar-refractivity contribution < 1.29 is 13.6 Å². The van der Waals surface area contributed by atoms with Gasteiger partial charge in [0.15, 0.2) is 5.75 Å². The van der Waals surface area contributed by atoms with E-state index in [2.05, 4.69) is 5.09 Å². The molecule has 4 nitrogen and oxygen atoms in total. The van der Waals surface area contributed by atoms with Crippen LogP contribution in [0.4, 0.5) is 0 Å². The van der Waals surface area contributed by atoms with Gasteiger partial charge in [-0.2, -0.15) is 0 Å². The van der Waals surface area contributed by atoms with Crippen LogP contribution in [0.1, 0.15) is 0 Å². The van der Waals surface area contributed by atoms with Crippen molar-refractivity contribution in [3.63, 3.8) is 0 Å². The normalized spacial score (nSPS) is 14.6. The molecule has 0 saturated carbocycles. The van der Waals surface area contributed by atoms with E-state index in [1.807, 2.05) is 0 Å². The second-order valence-electron chi connectivity index (χ2n) is 2.69. The Morgan fingerprint density at radius 1 is 1.19 bits per heavy atom. The molecule has 0 aliphatic carbocycles. The maximum atomic E-state index is 11.8. The van der Waals surface area contributed by atoms with Crippen molar-refractivity contribution in [2.24, 2.45) is 0 Å². The van der Waals surface area contributed by atoms with Crippen molar-refractivity contribution >= 4 is 42.5 Å². The summed E-state index contributed by atoms with van der Waals surface area (Å²) in [6, 6.07) is 2.77. The van der Waals surface area contributed by atoms with Gasteiger partial charge < -0.3 is 4.52 Å². The average molecular weight is 304 g/mol. The summed E-state index contributed by atoms with van der Waals surface area (Å²) in [6.45, 7) is 0. The Balaban J connectivity index is 3.06. The smallest absolute Gasteiger partial charge is 0.412 e. The van der Waals surface area contributed by atoms with E-state index in [1.165, 1.54) is 26.3 Å². The third kappa shape index (κ3) is 3.27. The van der Waals surface area contributed by atoms with E-state index in [0.717, 1.165) is 0 Å². The van der Waals surface area contributed by atoms with Gasteiger partial charge in [-0.1, -0.05) is 34.8 Å². The van der Waals surface area contributed by atoms with Gasteiger partial charge >= 0.3 is 7.75 Å². The summed E-state index contributed by atoms with van der Waals surface area (Å²) in [5.41, 5.74) is 0. The Morgan fingerprint density at radius 3 is 2.25 bits per heavy atom. The second-order valence-corrected chi connectivity index (χ2v) is 5.90. The lowest BCUT2D eigenvalue weighted by molar-refractivity contribution is 0.313. The summed E-state index contributed by atoms with van der Waals surface area (Å²) in [6.07, 6.45) is 0. The molecule has 1 N–H and O–H groups in total. The van der Waals surface area contributed by atoms with Crippen molar-refractivity contribution in [1.29, 1.82) is 0 Å². The molecule has 1 aromatic rings. The predicted molar refractivity (Wildman–Crippen MR) is 65.8 cm³/mol. The van der Waals surface area contributed by atoms with Gasteiger partial charge in [-0.15, -0.1) is 0 Å². The third-order valence-corrected chi connectivity index (χ3v) is 4.19. The van der Waals surface area contributed by atoms with Gasteiger partial charge in [-0.3, -0.25) is 4.52 Å². The fraction of sp³-hybridized carbons (Fsp3) is 0.250. The zero-order valence-corrected chi connectivity index (χ0v) is 11.6. The molecule has 0 fully saturated rings. The molecule has 1 unspecified atom stereocenters. The highest BCUT2D eigenvalue weighted by atomic mass is 35.5. The largest absolute Gasteiger partial charge is 0.458 e. The summed E-state index contributed by atoms with van der Waals surface area (Å²) in [5, 5.41) is 3.15. The van der Waals surface area contributed by atoms with Gasteiger partial charge in [0.2, 0.25) is 0 Å². The quantitative estimate of drug-likeness (QED) is 0.674. The maximum absolute atomic E-state index is 11.8. The van der Waals surface area contributed by atoms with Crippen LogP contribution in [0.25, 0.3) is 0 Å². The standard InChI is InChI=1S/C8H9Cl3NO3P/c1-12-16(13,14-2)15-8-4-6(10)5(9)3-7(8)11/h3-4H,1-2H3,(H,12,13). The Bertz CT molecular complexity index is 433. The zero-order valence-electron chi connectivity index (χ0n) is 8.46. The topological polar surface area (TPSA) is 47.6 Å². The van der Waals surface area contributed by atoms with E-state index in [1.54, 1.807) is 0 Å². The molecule has 1 aromatic carbocycles. The van der Waals surface area contributed by atoms with Gasteiger partial charge in [0.1, 0.15) is 0 Å². The van der Waals surface area contributed by atoms with Crippen LogP contribution in [-0.4, -0.2) is 14.2 Å². The van der Waals surface area contributed by atoms with Gasteiger partial charge in [0.25, 0.3) is 0 Å². The lowest BCUT2D eigenvalue weighted by atomic mass is 10.3. The van der Waals surface area contributed by atoms with Gasteiger partial charge in [-0.05, 0) is 13.1 Å². The molecule has 0 saturated heterocycles. The van der Waals surface area contributed by atoms with E-state index in [-0.39, 0.29) is 20.8 Å². The van der Waals surface area contributed by atoms with Crippen molar-refractivity contribution in [3.05, 3.63) is 27.2 Å². The molecule has 0 aliphatic rings. The molecule has 90 valence electrons. The first kappa shape index (κ1) is 14.1. The Hall–Kier alpha value is 0.0400. The van der Waals surface area contributed by atoms with E-state index < -0.39 is 7.75 Å².